The highest BCUT2D eigenvalue weighted by molar-refractivity contribution is 6.31. The van der Waals surface area contributed by atoms with Crippen LogP contribution in [0.4, 0.5) is 21.7 Å². The molecule has 2 heterocycles. The smallest absolute Gasteiger partial charge is 0.320 e. The Balaban J connectivity index is 1.31. The molecule has 7 nitrogen and oxygen atoms in total. The summed E-state index contributed by atoms with van der Waals surface area (Å²) >= 11 is 5.83. The monoisotopic (exact) mass is 419 g/mol. The summed E-state index contributed by atoms with van der Waals surface area (Å²) in [4.78, 5) is 22.3. The van der Waals surface area contributed by atoms with Crippen molar-refractivity contribution in [1.82, 2.24) is 14.9 Å². The summed E-state index contributed by atoms with van der Waals surface area (Å²) in [6.07, 6.45) is 5.58. The number of carbonyl (C=O) groups is 1. The van der Waals surface area contributed by atoms with E-state index in [0.717, 1.165) is 38.0 Å². The molecule has 0 bridgehead atoms. The maximum absolute atomic E-state index is 13.3. The van der Waals surface area contributed by atoms with Crippen LogP contribution in [0.3, 0.4) is 0 Å². The van der Waals surface area contributed by atoms with Crippen molar-refractivity contribution >= 4 is 34.9 Å². The Morgan fingerprint density at radius 3 is 2.69 bits per heavy atom. The van der Waals surface area contributed by atoms with Gasteiger partial charge in [0.25, 0.3) is 0 Å². The van der Waals surface area contributed by atoms with Crippen molar-refractivity contribution in [2.24, 2.45) is 0 Å². The molecule has 29 heavy (non-hydrogen) atoms. The first-order valence-corrected chi connectivity index (χ1v) is 10.1. The molecule has 1 aliphatic heterocycles. The van der Waals surface area contributed by atoms with Gasteiger partial charge in [-0.3, -0.25) is 9.69 Å². The average molecular weight is 420 g/mol. The number of anilines is 3. The quantitative estimate of drug-likeness (QED) is 0.717. The molecule has 2 aromatic rings. The van der Waals surface area contributed by atoms with E-state index in [-0.39, 0.29) is 11.0 Å². The van der Waals surface area contributed by atoms with Gasteiger partial charge in [-0.25, -0.2) is 14.4 Å². The largest absolute Gasteiger partial charge is 0.463 e. The first-order chi connectivity index (χ1) is 14.1. The highest BCUT2D eigenvalue weighted by Gasteiger charge is 2.29. The number of esters is 1. The van der Waals surface area contributed by atoms with Gasteiger partial charge in [0.1, 0.15) is 30.4 Å². The topological polar surface area (TPSA) is 79.4 Å². The SMILES string of the molecule is O=C1CN(C2CCC(Nc3cc(Nc4ccc(F)c(Cl)c4)ncn3)CC2)CCO1. The standard InChI is InChI=1S/C20H23ClFN5O2/c21-16-9-14(3-6-17(16)22)26-19-10-18(23-12-24-19)25-13-1-4-15(5-2-13)27-7-8-29-20(28)11-27/h3,6,9-10,12-13,15H,1-2,4-5,7-8,11H2,(H2,23,24,25,26). The maximum Gasteiger partial charge on any atom is 0.320 e. The van der Waals surface area contributed by atoms with Crippen LogP contribution in [0.15, 0.2) is 30.6 Å². The van der Waals surface area contributed by atoms with Crippen LogP contribution in [0.5, 0.6) is 0 Å². The Labute approximate surface area is 173 Å². The van der Waals surface area contributed by atoms with E-state index in [0.29, 0.717) is 36.7 Å². The average Bonchev–Trinajstić information content (AvgIpc) is 2.72. The van der Waals surface area contributed by atoms with Gasteiger partial charge in [0.05, 0.1) is 11.6 Å². The molecular weight excluding hydrogens is 397 g/mol. The number of morpholine rings is 1. The first-order valence-electron chi connectivity index (χ1n) is 9.77. The first kappa shape index (κ1) is 19.8. The van der Waals surface area contributed by atoms with E-state index in [2.05, 4.69) is 25.5 Å². The molecule has 4 rings (SSSR count). The molecule has 2 fully saturated rings. The van der Waals surface area contributed by atoms with Crippen LogP contribution in [-0.2, 0) is 9.53 Å². The predicted molar refractivity (Wildman–Crippen MR) is 109 cm³/mol. The Kier molecular flexibility index (Phi) is 6.10. The van der Waals surface area contributed by atoms with E-state index in [1.54, 1.807) is 6.07 Å². The van der Waals surface area contributed by atoms with Gasteiger partial charge >= 0.3 is 5.97 Å². The molecule has 1 saturated heterocycles. The van der Waals surface area contributed by atoms with Gasteiger partial charge in [0.2, 0.25) is 0 Å². The molecular formula is C20H23ClFN5O2. The summed E-state index contributed by atoms with van der Waals surface area (Å²) in [5, 5.41) is 6.64. The Morgan fingerprint density at radius 1 is 1.14 bits per heavy atom. The molecule has 154 valence electrons. The highest BCUT2D eigenvalue weighted by atomic mass is 35.5. The second kappa shape index (κ2) is 8.92. The zero-order chi connectivity index (χ0) is 20.2. The third-order valence-corrected chi connectivity index (χ3v) is 5.69. The Hall–Kier alpha value is -2.45. The highest BCUT2D eigenvalue weighted by Crippen LogP contribution is 2.27. The molecule has 9 heteroatoms. The van der Waals surface area contributed by atoms with E-state index in [9.17, 15) is 9.18 Å². The molecule has 0 spiro atoms. The van der Waals surface area contributed by atoms with Crippen LogP contribution < -0.4 is 10.6 Å². The second-order valence-electron chi connectivity index (χ2n) is 7.38. The summed E-state index contributed by atoms with van der Waals surface area (Å²) < 4.78 is 18.3. The minimum absolute atomic E-state index is 0.0566. The van der Waals surface area contributed by atoms with Crippen LogP contribution in [0.1, 0.15) is 25.7 Å². The van der Waals surface area contributed by atoms with Gasteiger partial charge in [-0.2, -0.15) is 0 Å². The lowest BCUT2D eigenvalue weighted by Gasteiger charge is -2.38. The lowest BCUT2D eigenvalue weighted by Crippen LogP contribution is -2.48. The third kappa shape index (κ3) is 5.13. The fourth-order valence-corrected chi connectivity index (χ4v) is 4.08. The maximum atomic E-state index is 13.3. The number of nitrogens with one attached hydrogen (secondary N) is 2. The van der Waals surface area contributed by atoms with E-state index >= 15 is 0 Å². The van der Waals surface area contributed by atoms with Gasteiger partial charge in [0, 0.05) is 30.4 Å². The molecule has 0 radical (unpaired) electrons. The Morgan fingerprint density at radius 2 is 1.93 bits per heavy atom. The molecule has 2 N–H and O–H groups in total. The normalized spacial score (nSPS) is 22.8. The lowest BCUT2D eigenvalue weighted by molar-refractivity contribution is -0.152. The van der Waals surface area contributed by atoms with Crippen LogP contribution in [0, 0.1) is 5.82 Å². The summed E-state index contributed by atoms with van der Waals surface area (Å²) in [5.74, 6) is 0.755. The van der Waals surface area contributed by atoms with Gasteiger partial charge in [-0.1, -0.05) is 11.6 Å². The van der Waals surface area contributed by atoms with Gasteiger partial charge < -0.3 is 15.4 Å². The van der Waals surface area contributed by atoms with Crippen LogP contribution in [-0.4, -0.2) is 52.6 Å². The van der Waals surface area contributed by atoms with E-state index in [4.69, 9.17) is 16.3 Å². The minimum atomic E-state index is -0.459. The van der Waals surface area contributed by atoms with Gasteiger partial charge in [-0.05, 0) is 43.9 Å². The van der Waals surface area contributed by atoms with Gasteiger partial charge in [-0.15, -0.1) is 0 Å². The predicted octanol–water partition coefficient (Wildman–Crippen LogP) is 3.59. The van der Waals surface area contributed by atoms with Crippen LogP contribution >= 0.6 is 11.6 Å². The fraction of sp³-hybridized carbons (Fsp3) is 0.450. The molecule has 1 aliphatic carbocycles. The van der Waals surface area contributed by atoms with Crippen molar-refractivity contribution in [3.05, 3.63) is 41.4 Å². The van der Waals surface area contributed by atoms with E-state index in [1.807, 2.05) is 6.07 Å². The van der Waals surface area contributed by atoms with E-state index in [1.165, 1.54) is 18.5 Å². The Bertz CT molecular complexity index is 876. The molecule has 1 aromatic heterocycles. The molecule has 1 saturated carbocycles. The summed E-state index contributed by atoms with van der Waals surface area (Å²) in [6, 6.07) is 7.02. The number of benzene rings is 1. The second-order valence-corrected chi connectivity index (χ2v) is 7.79. The number of halogens is 2. The van der Waals surface area contributed by atoms with Crippen molar-refractivity contribution in [3.63, 3.8) is 0 Å². The molecule has 0 atom stereocenters. The van der Waals surface area contributed by atoms with Crippen molar-refractivity contribution < 1.29 is 13.9 Å². The number of hydrogen-bond acceptors (Lipinski definition) is 7. The summed E-state index contributed by atoms with van der Waals surface area (Å²) in [7, 11) is 0. The van der Waals surface area contributed by atoms with E-state index < -0.39 is 5.82 Å². The van der Waals surface area contributed by atoms with Crippen molar-refractivity contribution in [3.8, 4) is 0 Å². The van der Waals surface area contributed by atoms with Crippen molar-refractivity contribution in [1.29, 1.82) is 0 Å². The number of ether oxygens (including phenoxy) is 1. The lowest BCUT2D eigenvalue weighted by atomic mass is 9.90. The van der Waals surface area contributed by atoms with Crippen LogP contribution in [0.25, 0.3) is 0 Å². The molecule has 0 unspecified atom stereocenters. The fourth-order valence-electron chi connectivity index (χ4n) is 3.90. The molecule has 0 amide bonds. The van der Waals surface area contributed by atoms with Crippen LogP contribution in [0.2, 0.25) is 5.02 Å². The number of cyclic esters (lactones) is 1. The number of nitrogens with zero attached hydrogens (tertiary/aromatic N) is 3. The zero-order valence-corrected chi connectivity index (χ0v) is 16.7. The van der Waals surface area contributed by atoms with Crippen molar-refractivity contribution in [2.45, 2.75) is 37.8 Å². The number of aromatic nitrogens is 2. The van der Waals surface area contributed by atoms with Crippen molar-refractivity contribution in [2.75, 3.05) is 30.3 Å². The summed E-state index contributed by atoms with van der Waals surface area (Å²) in [6.45, 7) is 1.72. The summed E-state index contributed by atoms with van der Waals surface area (Å²) in [5.41, 5.74) is 0.654. The number of hydrogen-bond donors (Lipinski definition) is 2. The number of carbonyl (C=O) groups excluding carboxylic acids is 1. The molecule has 2 aliphatic rings. The third-order valence-electron chi connectivity index (χ3n) is 5.40. The minimum Gasteiger partial charge on any atom is -0.463 e. The number of rotatable bonds is 5. The molecule has 1 aromatic carbocycles. The van der Waals surface area contributed by atoms with Gasteiger partial charge in [0.15, 0.2) is 0 Å². The zero-order valence-electron chi connectivity index (χ0n) is 15.9.